The molecule has 1 unspecified atom stereocenters. The molecule has 1 atom stereocenters. The van der Waals surface area contributed by atoms with Crippen LogP contribution >= 0.6 is 0 Å². The molecule has 1 aliphatic rings. The Morgan fingerprint density at radius 2 is 2.04 bits per heavy atom. The number of hydrogen-bond acceptors (Lipinski definition) is 6. The quantitative estimate of drug-likeness (QED) is 0.800. The van der Waals surface area contributed by atoms with E-state index in [-0.39, 0.29) is 36.1 Å². The standard InChI is InChI=1S/C13H18N2O7S/c1-8-9(6-11(22-8)23(19,20)14(2)3)12(16)15-4-5-21-10(7-15)13(17)18/h6,10H,4-5,7H2,1-3H3,(H,17,18). The lowest BCUT2D eigenvalue weighted by atomic mass is 10.2. The highest BCUT2D eigenvalue weighted by Crippen LogP contribution is 2.23. The number of carbonyl (C=O) groups excluding carboxylic acids is 1. The molecule has 1 aromatic rings. The molecule has 1 saturated heterocycles. The molecule has 0 spiro atoms. The number of carboxylic acid groups (broad SMARTS) is 1. The first-order chi connectivity index (χ1) is 10.6. The Kier molecular flexibility index (Phi) is 4.78. The molecule has 1 N–H and O–H groups in total. The van der Waals surface area contributed by atoms with Gasteiger partial charge in [0.1, 0.15) is 5.76 Å². The van der Waals surface area contributed by atoms with E-state index in [1.807, 2.05) is 0 Å². The third-order valence-electron chi connectivity index (χ3n) is 3.49. The SMILES string of the molecule is Cc1oc(S(=O)(=O)N(C)C)cc1C(=O)N1CCOC(C(=O)O)C1. The highest BCUT2D eigenvalue weighted by molar-refractivity contribution is 7.88. The van der Waals surface area contributed by atoms with E-state index < -0.39 is 28.0 Å². The fourth-order valence-electron chi connectivity index (χ4n) is 2.13. The molecule has 128 valence electrons. The summed E-state index contributed by atoms with van der Waals surface area (Å²) in [5.41, 5.74) is 0.0939. The number of hydrogen-bond donors (Lipinski definition) is 1. The number of furan rings is 1. The molecule has 10 heteroatoms. The Morgan fingerprint density at radius 3 is 2.61 bits per heavy atom. The molecule has 0 aromatic carbocycles. The molecule has 23 heavy (non-hydrogen) atoms. The van der Waals surface area contributed by atoms with E-state index in [1.54, 1.807) is 0 Å². The van der Waals surface area contributed by atoms with Gasteiger partial charge in [-0.1, -0.05) is 0 Å². The van der Waals surface area contributed by atoms with Crippen LogP contribution in [0.2, 0.25) is 0 Å². The normalized spacial score (nSPS) is 19.1. The lowest BCUT2D eigenvalue weighted by Crippen LogP contribution is -2.48. The van der Waals surface area contributed by atoms with E-state index >= 15 is 0 Å². The van der Waals surface area contributed by atoms with Gasteiger partial charge in [0.2, 0.25) is 5.09 Å². The van der Waals surface area contributed by atoms with Crippen LogP contribution in [-0.2, 0) is 19.6 Å². The van der Waals surface area contributed by atoms with Crippen molar-refractivity contribution >= 4 is 21.9 Å². The van der Waals surface area contributed by atoms with Gasteiger partial charge in [-0.2, -0.15) is 0 Å². The first kappa shape index (κ1) is 17.4. The Balaban J connectivity index is 2.27. The van der Waals surface area contributed by atoms with E-state index in [0.29, 0.717) is 0 Å². The van der Waals surface area contributed by atoms with Crippen molar-refractivity contribution in [1.82, 2.24) is 9.21 Å². The maximum absolute atomic E-state index is 12.5. The van der Waals surface area contributed by atoms with Crippen LogP contribution in [0, 0.1) is 6.92 Å². The summed E-state index contributed by atoms with van der Waals surface area (Å²) < 4.78 is 35.3. The van der Waals surface area contributed by atoms with Crippen LogP contribution < -0.4 is 0 Å². The molecule has 0 saturated carbocycles. The van der Waals surface area contributed by atoms with Crippen molar-refractivity contribution in [2.45, 2.75) is 18.1 Å². The molecule has 0 bridgehead atoms. The summed E-state index contributed by atoms with van der Waals surface area (Å²) in [5.74, 6) is -1.47. The maximum atomic E-state index is 12.5. The number of amides is 1. The second kappa shape index (κ2) is 6.30. The average molecular weight is 346 g/mol. The summed E-state index contributed by atoms with van der Waals surface area (Å²) in [6, 6.07) is 1.16. The van der Waals surface area contributed by atoms with Gasteiger partial charge < -0.3 is 19.2 Å². The minimum Gasteiger partial charge on any atom is -0.479 e. The summed E-state index contributed by atoms with van der Waals surface area (Å²) in [6.45, 7) is 1.71. The van der Waals surface area contributed by atoms with Crippen LogP contribution in [0.5, 0.6) is 0 Å². The third kappa shape index (κ3) is 3.38. The lowest BCUT2D eigenvalue weighted by Gasteiger charge is -2.30. The van der Waals surface area contributed by atoms with Crippen molar-refractivity contribution in [1.29, 1.82) is 0 Å². The third-order valence-corrected chi connectivity index (χ3v) is 5.16. The number of ether oxygens (including phenoxy) is 1. The van der Waals surface area contributed by atoms with Crippen LogP contribution in [0.15, 0.2) is 15.6 Å². The fraction of sp³-hybridized carbons (Fsp3) is 0.538. The first-order valence-electron chi connectivity index (χ1n) is 6.81. The van der Waals surface area contributed by atoms with Crippen LogP contribution in [0.3, 0.4) is 0 Å². The second-order valence-corrected chi connectivity index (χ2v) is 7.35. The zero-order valence-corrected chi connectivity index (χ0v) is 13.8. The number of sulfonamides is 1. The molecule has 9 nitrogen and oxygen atoms in total. The summed E-state index contributed by atoms with van der Waals surface area (Å²) in [7, 11) is -1.08. The summed E-state index contributed by atoms with van der Waals surface area (Å²) in [5, 5.41) is 8.64. The Bertz CT molecular complexity index is 723. The largest absolute Gasteiger partial charge is 0.479 e. The Morgan fingerprint density at radius 1 is 1.39 bits per heavy atom. The number of carboxylic acids is 1. The summed E-state index contributed by atoms with van der Waals surface area (Å²) in [6.07, 6.45) is -1.09. The van der Waals surface area contributed by atoms with Crippen molar-refractivity contribution in [3.63, 3.8) is 0 Å². The highest BCUT2D eigenvalue weighted by atomic mass is 32.2. The second-order valence-electron chi connectivity index (χ2n) is 5.27. The van der Waals surface area contributed by atoms with Gasteiger partial charge in [-0.15, -0.1) is 0 Å². The molecule has 2 rings (SSSR count). The monoisotopic (exact) mass is 346 g/mol. The number of carbonyl (C=O) groups is 2. The molecule has 1 amide bonds. The van der Waals surface area contributed by atoms with E-state index in [9.17, 15) is 18.0 Å². The van der Waals surface area contributed by atoms with Gasteiger partial charge >= 0.3 is 5.97 Å². The molecular formula is C13H18N2O7S. The highest BCUT2D eigenvalue weighted by Gasteiger charge is 2.32. The van der Waals surface area contributed by atoms with Crippen LogP contribution in [0.25, 0.3) is 0 Å². The number of rotatable bonds is 4. The van der Waals surface area contributed by atoms with Gasteiger partial charge in [0, 0.05) is 26.7 Å². The van der Waals surface area contributed by atoms with E-state index in [1.165, 1.54) is 25.9 Å². The number of aliphatic carboxylic acids is 1. The van der Waals surface area contributed by atoms with Gasteiger partial charge in [0.05, 0.1) is 18.7 Å². The van der Waals surface area contributed by atoms with E-state index in [4.69, 9.17) is 14.3 Å². The molecule has 1 aliphatic heterocycles. The molecule has 1 fully saturated rings. The number of morpholine rings is 1. The van der Waals surface area contributed by atoms with E-state index in [2.05, 4.69) is 0 Å². The molecule has 1 aromatic heterocycles. The molecular weight excluding hydrogens is 328 g/mol. The van der Waals surface area contributed by atoms with Gasteiger partial charge in [-0.3, -0.25) is 4.79 Å². The number of nitrogens with zero attached hydrogens (tertiary/aromatic N) is 2. The predicted octanol–water partition coefficient (Wildman–Crippen LogP) is -0.236. The zero-order valence-electron chi connectivity index (χ0n) is 13.0. The minimum absolute atomic E-state index is 0.0939. The molecule has 2 heterocycles. The van der Waals surface area contributed by atoms with Gasteiger partial charge in [-0.05, 0) is 6.92 Å². The first-order valence-corrected chi connectivity index (χ1v) is 8.25. The summed E-state index contributed by atoms with van der Waals surface area (Å²) in [4.78, 5) is 24.8. The fourth-order valence-corrected chi connectivity index (χ4v) is 2.98. The van der Waals surface area contributed by atoms with Crippen molar-refractivity contribution in [2.24, 2.45) is 0 Å². The van der Waals surface area contributed by atoms with Crippen molar-refractivity contribution in [3.8, 4) is 0 Å². The molecule has 0 aliphatic carbocycles. The van der Waals surface area contributed by atoms with Gasteiger partial charge in [0.25, 0.3) is 15.9 Å². The average Bonchev–Trinajstić information content (AvgIpc) is 2.89. The minimum atomic E-state index is -3.79. The van der Waals surface area contributed by atoms with Crippen LogP contribution in [0.4, 0.5) is 0 Å². The summed E-state index contributed by atoms with van der Waals surface area (Å²) >= 11 is 0. The number of aryl methyl sites for hydroxylation is 1. The molecule has 0 radical (unpaired) electrons. The Labute approximate surface area is 133 Å². The van der Waals surface area contributed by atoms with Crippen molar-refractivity contribution < 1.29 is 32.3 Å². The topological polar surface area (TPSA) is 117 Å². The lowest BCUT2D eigenvalue weighted by molar-refractivity contribution is -0.154. The predicted molar refractivity (Wildman–Crippen MR) is 77.6 cm³/mol. The van der Waals surface area contributed by atoms with Crippen LogP contribution in [0.1, 0.15) is 16.1 Å². The van der Waals surface area contributed by atoms with Crippen LogP contribution in [-0.4, -0.2) is 74.5 Å². The van der Waals surface area contributed by atoms with Gasteiger partial charge in [-0.25, -0.2) is 17.5 Å². The van der Waals surface area contributed by atoms with Gasteiger partial charge in [0.15, 0.2) is 6.10 Å². The smallest absolute Gasteiger partial charge is 0.334 e. The van der Waals surface area contributed by atoms with Crippen molar-refractivity contribution in [3.05, 3.63) is 17.4 Å². The van der Waals surface area contributed by atoms with Crippen molar-refractivity contribution in [2.75, 3.05) is 33.8 Å². The Hall–Kier alpha value is -1.91. The van der Waals surface area contributed by atoms with E-state index in [0.717, 1.165) is 10.4 Å². The zero-order chi connectivity index (χ0) is 17.4. The maximum Gasteiger partial charge on any atom is 0.334 e.